The number of amides is 2. The zero-order valence-electron chi connectivity index (χ0n) is 39.1. The third kappa shape index (κ3) is 13.8. The van der Waals surface area contributed by atoms with Crippen molar-refractivity contribution in [2.75, 3.05) is 79.4 Å². The number of likely N-dealkylation sites (tertiary alicyclic amines) is 1. The summed E-state index contributed by atoms with van der Waals surface area (Å²) in [4.78, 5) is 43.6. The smallest absolute Gasteiger partial charge is 0.415 e. The highest BCUT2D eigenvalue weighted by molar-refractivity contribution is 5.83. The van der Waals surface area contributed by atoms with Crippen LogP contribution in [0.15, 0.2) is 12.1 Å². The van der Waals surface area contributed by atoms with E-state index in [9.17, 15) is 24.6 Å². The predicted molar refractivity (Wildman–Crippen MR) is 239 cm³/mol. The molecule has 3 fully saturated rings. The molecule has 0 unspecified atom stereocenters. The molecule has 3 atom stereocenters. The number of ether oxygens (including phenoxy) is 5. The summed E-state index contributed by atoms with van der Waals surface area (Å²) in [6.45, 7) is 18.8. The maximum Gasteiger partial charge on any atom is 0.415 e. The summed E-state index contributed by atoms with van der Waals surface area (Å²) < 4.78 is 29.0. The van der Waals surface area contributed by atoms with Gasteiger partial charge in [0.05, 0.1) is 36.6 Å². The number of methoxy groups -OCH3 is 1. The number of phenols is 1. The van der Waals surface area contributed by atoms with E-state index in [4.69, 9.17) is 23.7 Å². The van der Waals surface area contributed by atoms with Crippen molar-refractivity contribution < 1.29 is 48.3 Å². The first-order valence-corrected chi connectivity index (χ1v) is 23.6. The number of carbonyl (C=O) groups excluding carboxylic acids is 3. The highest BCUT2D eigenvalue weighted by atomic mass is 16.6. The number of aliphatic hydroxyl groups is 1. The summed E-state index contributed by atoms with van der Waals surface area (Å²) >= 11 is 0. The molecule has 4 aliphatic rings. The average molecular weight is 873 g/mol. The molecule has 14 nitrogen and oxygen atoms in total. The van der Waals surface area contributed by atoms with Gasteiger partial charge in [-0.1, -0.05) is 19.9 Å². The van der Waals surface area contributed by atoms with E-state index in [1.54, 1.807) is 18.1 Å². The Labute approximate surface area is 371 Å². The van der Waals surface area contributed by atoms with Gasteiger partial charge in [-0.05, 0) is 129 Å². The molecule has 2 amide bonds. The molecule has 1 aromatic carbocycles. The van der Waals surface area contributed by atoms with Gasteiger partial charge in [0.2, 0.25) is 5.91 Å². The van der Waals surface area contributed by atoms with E-state index in [2.05, 4.69) is 57.1 Å². The van der Waals surface area contributed by atoms with Crippen LogP contribution in [0.1, 0.15) is 136 Å². The van der Waals surface area contributed by atoms with Crippen molar-refractivity contribution in [1.29, 1.82) is 0 Å². The predicted octanol–water partition coefficient (Wildman–Crippen LogP) is 6.05. The van der Waals surface area contributed by atoms with Gasteiger partial charge in [-0.15, -0.1) is 0 Å². The molecule has 0 radical (unpaired) electrons. The van der Waals surface area contributed by atoms with E-state index in [-0.39, 0.29) is 46.9 Å². The molecular formula is C48H80N4O10. The fourth-order valence-electron chi connectivity index (χ4n) is 9.65. The van der Waals surface area contributed by atoms with Gasteiger partial charge in [-0.3, -0.25) is 14.5 Å². The first-order valence-electron chi connectivity index (χ1n) is 23.6. The molecule has 0 spiro atoms. The molecular weight excluding hydrogens is 793 g/mol. The van der Waals surface area contributed by atoms with Crippen molar-refractivity contribution in [3.63, 3.8) is 0 Å². The van der Waals surface area contributed by atoms with Crippen LogP contribution < -0.4 is 15.4 Å². The quantitative estimate of drug-likeness (QED) is 0.0721. The molecule has 1 aromatic rings. The van der Waals surface area contributed by atoms with Crippen LogP contribution in [0.5, 0.6) is 11.5 Å². The largest absolute Gasteiger partial charge is 0.504 e. The zero-order valence-corrected chi connectivity index (χ0v) is 39.1. The van der Waals surface area contributed by atoms with Crippen LogP contribution in [0, 0.1) is 5.92 Å². The van der Waals surface area contributed by atoms with Gasteiger partial charge in [-0.25, -0.2) is 4.79 Å². The van der Waals surface area contributed by atoms with E-state index >= 15 is 0 Å². The fourth-order valence-corrected chi connectivity index (χ4v) is 9.65. The molecule has 1 saturated heterocycles. The number of carbonyl (C=O) groups is 3. The van der Waals surface area contributed by atoms with Crippen LogP contribution in [0.4, 0.5) is 4.79 Å². The minimum atomic E-state index is -1.15. The molecule has 4 N–H and O–H groups in total. The second kappa shape index (κ2) is 22.9. The summed E-state index contributed by atoms with van der Waals surface area (Å²) in [6, 6.07) is 3.75. The number of nitrogens with one attached hydrogen (secondary N) is 2. The van der Waals surface area contributed by atoms with Crippen LogP contribution >= 0.6 is 0 Å². The first kappa shape index (κ1) is 50.2. The number of phenolic OH excluding ortho intramolecular Hbond substituents is 1. The Morgan fingerprint density at radius 3 is 2.35 bits per heavy atom. The summed E-state index contributed by atoms with van der Waals surface area (Å²) in [5.74, 6) is 0.611. The van der Waals surface area contributed by atoms with Crippen molar-refractivity contribution in [1.82, 2.24) is 20.4 Å². The minimum Gasteiger partial charge on any atom is -0.504 e. The number of fused-ring (bicyclic) bond motifs is 1. The van der Waals surface area contributed by atoms with E-state index in [0.717, 1.165) is 44.5 Å². The van der Waals surface area contributed by atoms with Gasteiger partial charge in [0.1, 0.15) is 5.78 Å². The Bertz CT molecular complexity index is 1620. The van der Waals surface area contributed by atoms with Crippen LogP contribution in [-0.2, 0) is 40.4 Å². The van der Waals surface area contributed by atoms with Gasteiger partial charge in [0.25, 0.3) is 0 Å². The lowest BCUT2D eigenvalue weighted by atomic mass is 9.49. The Morgan fingerprint density at radius 1 is 0.935 bits per heavy atom. The molecule has 2 bridgehead atoms. The number of ketones is 1. The lowest BCUT2D eigenvalue weighted by Crippen LogP contribution is -2.73. The number of nitrogens with zero attached hydrogens (tertiary/aromatic N) is 2. The second-order valence-corrected chi connectivity index (χ2v) is 19.9. The van der Waals surface area contributed by atoms with Crippen molar-refractivity contribution >= 4 is 17.8 Å². The molecule has 14 heteroatoms. The Balaban J connectivity index is 1.05. The van der Waals surface area contributed by atoms with Crippen molar-refractivity contribution in [3.8, 4) is 11.5 Å². The van der Waals surface area contributed by atoms with Crippen LogP contribution in [0.25, 0.3) is 0 Å². The van der Waals surface area contributed by atoms with E-state index in [1.807, 2.05) is 6.07 Å². The number of aromatic hydroxyl groups is 1. The fraction of sp³-hybridized carbons (Fsp3) is 0.812. The average Bonchev–Trinajstić information content (AvgIpc) is 4.03. The molecule has 3 aliphatic carbocycles. The number of hydrogen-bond donors (Lipinski definition) is 4. The SMILES string of the molecule is COCCC(C)(C)OCCC(C)(C)OCCOCCCCC(=O)NCCCN(CCCNC(C)C)C(=O)Oc1ccc2c(c1O)[C@]13CCN(CC4CC4)[C@H](C2)[C@]1(O)CCC(=O)C3. The maximum absolute atomic E-state index is 13.8. The Morgan fingerprint density at radius 2 is 1.65 bits per heavy atom. The van der Waals surface area contributed by atoms with E-state index < -0.39 is 17.1 Å². The number of unbranched alkanes of at least 4 members (excludes halogenated alkanes) is 1. The molecule has 1 heterocycles. The number of benzene rings is 1. The number of piperidine rings is 1. The Hall–Kier alpha value is -2.85. The van der Waals surface area contributed by atoms with Crippen molar-refractivity contribution in [2.24, 2.45) is 5.92 Å². The highest BCUT2D eigenvalue weighted by Gasteiger charge is 2.66. The molecule has 2 saturated carbocycles. The zero-order chi connectivity index (χ0) is 45.0. The second-order valence-electron chi connectivity index (χ2n) is 19.9. The third-order valence-corrected chi connectivity index (χ3v) is 13.5. The van der Waals surface area contributed by atoms with Gasteiger partial charge < -0.3 is 49.4 Å². The van der Waals surface area contributed by atoms with Gasteiger partial charge in [0.15, 0.2) is 11.5 Å². The van der Waals surface area contributed by atoms with Gasteiger partial charge >= 0.3 is 6.09 Å². The highest BCUT2D eigenvalue weighted by Crippen LogP contribution is 2.60. The minimum absolute atomic E-state index is 0.0423. The molecule has 1 aliphatic heterocycles. The summed E-state index contributed by atoms with van der Waals surface area (Å²) in [5, 5.41) is 30.8. The number of rotatable bonds is 28. The number of Topliss-reactive ketones (excluding diaryl/α,β-unsaturated/α-hetero) is 1. The first-order chi connectivity index (χ1) is 29.5. The Kier molecular flexibility index (Phi) is 18.5. The van der Waals surface area contributed by atoms with Crippen LogP contribution in [-0.4, -0.2) is 146 Å². The third-order valence-electron chi connectivity index (χ3n) is 13.5. The summed E-state index contributed by atoms with van der Waals surface area (Å²) in [5.41, 5.74) is -1.15. The van der Waals surface area contributed by atoms with E-state index in [0.29, 0.717) is 122 Å². The lowest BCUT2D eigenvalue weighted by Gasteiger charge is -2.63. The monoisotopic (exact) mass is 873 g/mol. The van der Waals surface area contributed by atoms with Crippen LogP contribution in [0.3, 0.4) is 0 Å². The van der Waals surface area contributed by atoms with Gasteiger partial charge in [0, 0.05) is 88.8 Å². The topological polar surface area (TPSA) is 168 Å². The van der Waals surface area contributed by atoms with Crippen LogP contribution in [0.2, 0.25) is 0 Å². The number of hydrogen-bond acceptors (Lipinski definition) is 12. The normalized spacial score (nSPS) is 22.7. The molecule has 5 rings (SSSR count). The van der Waals surface area contributed by atoms with E-state index in [1.165, 1.54) is 12.8 Å². The molecule has 62 heavy (non-hydrogen) atoms. The molecule has 0 aromatic heterocycles. The lowest BCUT2D eigenvalue weighted by molar-refractivity contribution is -0.173. The van der Waals surface area contributed by atoms with Crippen molar-refractivity contribution in [3.05, 3.63) is 23.3 Å². The maximum atomic E-state index is 13.8. The standard InChI is InChI=1S/C48H80N4O10/c1-35(2)49-22-10-24-51(25-11-23-50-41(54)12-8-9-27-59-30-31-61-46(5,6)21-29-60-45(3,4)20-28-58-7)44(56)62-39-16-15-37-32-40-48(57)18-17-38(53)33-47(48,42(37)43(39)55)19-26-52(40)34-36-13-14-36/h15-16,35-36,40,49,55,57H,8-14,17-34H2,1-7H3,(H,50,54)/t40-,47-,48-/m1/s1. The summed E-state index contributed by atoms with van der Waals surface area (Å²) in [6.07, 6.45) is 8.54. The summed E-state index contributed by atoms with van der Waals surface area (Å²) in [7, 11) is 1.70. The molecule has 352 valence electrons. The van der Waals surface area contributed by atoms with Crippen molar-refractivity contribution in [2.45, 2.75) is 166 Å². The van der Waals surface area contributed by atoms with Gasteiger partial charge in [-0.2, -0.15) is 0 Å².